The summed E-state index contributed by atoms with van der Waals surface area (Å²) in [7, 11) is 1.55. The van der Waals surface area contributed by atoms with Crippen LogP contribution in [0.25, 0.3) is 10.8 Å². The number of nitrogens with one attached hydrogen (secondary N) is 1. The van der Waals surface area contributed by atoms with Crippen LogP contribution in [0.4, 0.5) is 0 Å². The lowest BCUT2D eigenvalue weighted by molar-refractivity contribution is 0.0930. The van der Waals surface area contributed by atoms with E-state index in [-0.39, 0.29) is 23.2 Å². The topological polar surface area (TPSA) is 76.9 Å². The molecular weight excluding hydrogens is 336 g/mol. The lowest BCUT2D eigenvalue weighted by atomic mass is 10.1. The minimum absolute atomic E-state index is 0.178. The van der Waals surface area contributed by atoms with E-state index in [0.29, 0.717) is 10.8 Å². The van der Waals surface area contributed by atoms with E-state index >= 15 is 0 Å². The molecule has 0 unspecified atom stereocenters. The Labute approximate surface area is 149 Å². The summed E-state index contributed by atoms with van der Waals surface area (Å²) in [5.41, 5.74) is 1.02. The molecule has 3 rings (SSSR count). The second kappa shape index (κ2) is 6.76. The summed E-state index contributed by atoms with van der Waals surface area (Å²) in [5.74, 6) is -0.302. The van der Waals surface area contributed by atoms with Gasteiger partial charge in [-0.15, -0.1) is 11.3 Å². The third-order valence-electron chi connectivity index (χ3n) is 4.23. The van der Waals surface area contributed by atoms with Gasteiger partial charge in [-0.2, -0.15) is 5.10 Å². The zero-order valence-corrected chi connectivity index (χ0v) is 15.5. The van der Waals surface area contributed by atoms with Crippen molar-refractivity contribution in [1.29, 1.82) is 0 Å². The standard InChI is InChI=1S/C18H20N4O2S/c1-5-14(17-19-10(2)11(3)25-17)20-16(23)15-12-8-6-7-9-13(12)18(24)22(4)21-15/h6-9,14H,5H2,1-4H3,(H,20,23)/t14-/m0/s1. The molecule has 7 heteroatoms. The second-order valence-electron chi connectivity index (χ2n) is 5.95. The van der Waals surface area contributed by atoms with E-state index in [1.807, 2.05) is 20.8 Å². The maximum Gasteiger partial charge on any atom is 0.274 e. The molecule has 0 spiro atoms. The Bertz CT molecular complexity index is 986. The molecule has 0 aliphatic rings. The summed E-state index contributed by atoms with van der Waals surface area (Å²) in [6.07, 6.45) is 0.724. The molecule has 0 aliphatic heterocycles. The molecule has 6 nitrogen and oxygen atoms in total. The van der Waals surface area contributed by atoms with Crippen LogP contribution < -0.4 is 10.9 Å². The van der Waals surface area contributed by atoms with Gasteiger partial charge >= 0.3 is 0 Å². The predicted octanol–water partition coefficient (Wildman–Crippen LogP) is 2.89. The molecule has 0 saturated carbocycles. The number of carbonyl (C=O) groups is 1. The number of aromatic nitrogens is 3. The number of thiazole rings is 1. The van der Waals surface area contributed by atoms with E-state index in [4.69, 9.17) is 0 Å². The van der Waals surface area contributed by atoms with Crippen molar-refractivity contribution in [2.75, 3.05) is 0 Å². The molecule has 0 bridgehead atoms. The first-order valence-electron chi connectivity index (χ1n) is 8.13. The van der Waals surface area contributed by atoms with Crippen LogP contribution >= 0.6 is 11.3 Å². The predicted molar refractivity (Wildman–Crippen MR) is 99.1 cm³/mol. The highest BCUT2D eigenvalue weighted by atomic mass is 32.1. The molecule has 1 atom stereocenters. The van der Waals surface area contributed by atoms with Crippen LogP contribution in [0.15, 0.2) is 29.1 Å². The Kier molecular flexibility index (Phi) is 4.67. The average molecular weight is 356 g/mol. The van der Waals surface area contributed by atoms with Crippen LogP contribution in [-0.4, -0.2) is 20.7 Å². The first-order chi connectivity index (χ1) is 11.9. The SMILES string of the molecule is CC[C@H](NC(=O)c1nn(C)c(=O)c2ccccc12)c1nc(C)c(C)s1. The summed E-state index contributed by atoms with van der Waals surface area (Å²) in [6.45, 7) is 5.99. The number of fused-ring (bicyclic) bond motifs is 1. The highest BCUT2D eigenvalue weighted by molar-refractivity contribution is 7.11. The van der Waals surface area contributed by atoms with Crippen molar-refractivity contribution in [1.82, 2.24) is 20.1 Å². The number of benzene rings is 1. The quantitative estimate of drug-likeness (QED) is 0.780. The lowest BCUT2D eigenvalue weighted by Gasteiger charge is -2.15. The second-order valence-corrected chi connectivity index (χ2v) is 7.19. The average Bonchev–Trinajstić information content (AvgIpc) is 2.94. The Hall–Kier alpha value is -2.54. The third-order valence-corrected chi connectivity index (χ3v) is 5.41. The molecular formula is C18H20N4O2S. The largest absolute Gasteiger partial charge is 0.341 e. The van der Waals surface area contributed by atoms with Gasteiger partial charge < -0.3 is 5.32 Å². The molecule has 130 valence electrons. The van der Waals surface area contributed by atoms with Gasteiger partial charge in [0.2, 0.25) is 0 Å². The lowest BCUT2D eigenvalue weighted by Crippen LogP contribution is -2.32. The fraction of sp³-hybridized carbons (Fsp3) is 0.333. The van der Waals surface area contributed by atoms with Crippen molar-refractivity contribution in [2.24, 2.45) is 7.05 Å². The number of rotatable bonds is 4. The molecule has 25 heavy (non-hydrogen) atoms. The number of hydrogen-bond acceptors (Lipinski definition) is 5. The first-order valence-corrected chi connectivity index (χ1v) is 8.94. The van der Waals surface area contributed by atoms with Crippen LogP contribution in [0.5, 0.6) is 0 Å². The molecule has 1 N–H and O–H groups in total. The molecule has 0 fully saturated rings. The molecule has 0 radical (unpaired) electrons. The molecule has 0 saturated heterocycles. The number of amides is 1. The Balaban J connectivity index is 1.99. The van der Waals surface area contributed by atoms with E-state index in [1.54, 1.807) is 42.6 Å². The molecule has 3 aromatic rings. The van der Waals surface area contributed by atoms with Crippen LogP contribution in [0.1, 0.15) is 45.5 Å². The molecule has 1 amide bonds. The molecule has 2 heterocycles. The van der Waals surface area contributed by atoms with E-state index in [0.717, 1.165) is 22.0 Å². The normalized spacial score (nSPS) is 12.3. The van der Waals surface area contributed by atoms with Gasteiger partial charge in [0.25, 0.3) is 11.5 Å². The summed E-state index contributed by atoms with van der Waals surface area (Å²) in [5, 5.41) is 9.12. The van der Waals surface area contributed by atoms with Crippen molar-refractivity contribution in [3.8, 4) is 0 Å². The van der Waals surface area contributed by atoms with Crippen molar-refractivity contribution >= 4 is 28.0 Å². The Morgan fingerprint density at radius 3 is 2.56 bits per heavy atom. The highest BCUT2D eigenvalue weighted by Crippen LogP contribution is 2.25. The Morgan fingerprint density at radius 2 is 1.96 bits per heavy atom. The van der Waals surface area contributed by atoms with E-state index in [9.17, 15) is 9.59 Å². The van der Waals surface area contributed by atoms with E-state index < -0.39 is 0 Å². The van der Waals surface area contributed by atoms with Gasteiger partial charge in [0, 0.05) is 17.3 Å². The molecule has 2 aromatic heterocycles. The molecule has 1 aromatic carbocycles. The van der Waals surface area contributed by atoms with Crippen molar-refractivity contribution in [3.05, 3.63) is 55.9 Å². The summed E-state index contributed by atoms with van der Waals surface area (Å²) >= 11 is 1.59. The summed E-state index contributed by atoms with van der Waals surface area (Å²) in [6, 6.07) is 6.85. The number of aryl methyl sites for hydroxylation is 3. The van der Waals surface area contributed by atoms with Gasteiger partial charge in [-0.25, -0.2) is 9.67 Å². The van der Waals surface area contributed by atoms with E-state index in [1.165, 1.54) is 4.68 Å². The maximum absolute atomic E-state index is 12.8. The monoisotopic (exact) mass is 356 g/mol. The Morgan fingerprint density at radius 1 is 1.28 bits per heavy atom. The third kappa shape index (κ3) is 3.19. The fourth-order valence-electron chi connectivity index (χ4n) is 2.68. The minimum atomic E-state index is -0.302. The van der Waals surface area contributed by atoms with Gasteiger partial charge in [-0.05, 0) is 26.3 Å². The fourth-order valence-corrected chi connectivity index (χ4v) is 3.74. The van der Waals surface area contributed by atoms with Crippen molar-refractivity contribution in [3.63, 3.8) is 0 Å². The maximum atomic E-state index is 12.8. The number of hydrogen-bond donors (Lipinski definition) is 1. The van der Waals surface area contributed by atoms with Gasteiger partial charge in [-0.3, -0.25) is 9.59 Å². The molecule has 0 aliphatic carbocycles. The smallest absolute Gasteiger partial charge is 0.274 e. The van der Waals surface area contributed by atoms with Gasteiger partial charge in [0.1, 0.15) is 5.01 Å². The number of nitrogens with zero attached hydrogens (tertiary/aromatic N) is 3. The van der Waals surface area contributed by atoms with Gasteiger partial charge in [-0.1, -0.05) is 25.1 Å². The van der Waals surface area contributed by atoms with Crippen molar-refractivity contribution < 1.29 is 4.79 Å². The zero-order valence-electron chi connectivity index (χ0n) is 14.7. The summed E-state index contributed by atoms with van der Waals surface area (Å²) < 4.78 is 1.20. The van der Waals surface area contributed by atoms with Crippen LogP contribution in [0, 0.1) is 13.8 Å². The number of carbonyl (C=O) groups excluding carboxylic acids is 1. The summed E-state index contributed by atoms with van der Waals surface area (Å²) in [4.78, 5) is 30.7. The van der Waals surface area contributed by atoms with Gasteiger partial charge in [0.05, 0.1) is 17.1 Å². The minimum Gasteiger partial charge on any atom is -0.341 e. The van der Waals surface area contributed by atoms with Gasteiger partial charge in [0.15, 0.2) is 5.69 Å². The highest BCUT2D eigenvalue weighted by Gasteiger charge is 2.21. The van der Waals surface area contributed by atoms with E-state index in [2.05, 4.69) is 15.4 Å². The van der Waals surface area contributed by atoms with Crippen molar-refractivity contribution in [2.45, 2.75) is 33.2 Å². The van der Waals surface area contributed by atoms with Crippen LogP contribution in [-0.2, 0) is 7.05 Å². The van der Waals surface area contributed by atoms with Crippen LogP contribution in [0.3, 0.4) is 0 Å². The zero-order chi connectivity index (χ0) is 18.1. The first kappa shape index (κ1) is 17.3. The van der Waals surface area contributed by atoms with Crippen LogP contribution in [0.2, 0.25) is 0 Å².